The molecule has 0 saturated carbocycles. The molecule has 0 aliphatic carbocycles. The minimum atomic E-state index is -1.71. The van der Waals surface area contributed by atoms with Crippen LogP contribution in [0.4, 0.5) is 0 Å². The Morgan fingerprint density at radius 2 is 1.39 bits per heavy atom. The number of hydrogen-bond acceptors (Lipinski definition) is 11. The van der Waals surface area contributed by atoms with E-state index < -0.39 is 74.6 Å². The Morgan fingerprint density at radius 1 is 0.783 bits per heavy atom. The first-order valence-electron chi connectivity index (χ1n) is 7.15. The Morgan fingerprint density at radius 3 is 1.96 bits per heavy atom. The van der Waals surface area contributed by atoms with Crippen LogP contribution in [0.1, 0.15) is 0 Å². The molecule has 2 rings (SSSR count). The molecule has 2 saturated heterocycles. The summed E-state index contributed by atoms with van der Waals surface area (Å²) in [6.07, 6.45) is -12.9. The predicted molar refractivity (Wildman–Crippen MR) is 70.6 cm³/mol. The Labute approximate surface area is 131 Å². The largest absolute Gasteiger partial charge is 0.394 e. The average Bonchev–Trinajstić information content (AvgIpc) is 2.55. The van der Waals surface area contributed by atoms with Gasteiger partial charge in [0.05, 0.1) is 19.3 Å². The Bertz CT molecular complexity index is 383. The van der Waals surface area contributed by atoms with E-state index in [1.54, 1.807) is 0 Å². The lowest BCUT2D eigenvalue weighted by molar-refractivity contribution is -0.339. The van der Waals surface area contributed by atoms with Crippen molar-refractivity contribution in [2.75, 3.05) is 13.2 Å². The van der Waals surface area contributed by atoms with Crippen LogP contribution in [0.3, 0.4) is 0 Å². The molecule has 2 heterocycles. The van der Waals surface area contributed by atoms with Crippen LogP contribution in [-0.2, 0) is 14.2 Å². The standard InChI is InChI=1S/C12H23NO10/c13-5-7(17)6(16)3(1-14)22-12(5)23-10-4(2-15)21-11(20)9(19)8(10)18/h3-12,14-20H,1-2,13H2/t3-,4-,5-,6-,7-,8-,9+,10-,11?,12-/m1/s1. The zero-order chi connectivity index (χ0) is 17.3. The minimum Gasteiger partial charge on any atom is -0.394 e. The van der Waals surface area contributed by atoms with Crippen LogP contribution in [0.25, 0.3) is 0 Å². The van der Waals surface area contributed by atoms with Crippen LogP contribution in [0.5, 0.6) is 0 Å². The SMILES string of the molecule is N[C@H]1[C@@H](O[C@H]2[C@H](O)[C@H](O)C(O)O[C@@H]2CO)O[C@H](CO)[C@@H](O)[C@@H]1O. The number of nitrogens with two attached hydrogens (primary N) is 1. The highest BCUT2D eigenvalue weighted by Gasteiger charge is 2.49. The summed E-state index contributed by atoms with van der Waals surface area (Å²) in [4.78, 5) is 0. The molecule has 2 aliphatic rings. The van der Waals surface area contributed by atoms with Crippen molar-refractivity contribution in [3.05, 3.63) is 0 Å². The maximum atomic E-state index is 9.98. The molecule has 0 radical (unpaired) electrons. The van der Waals surface area contributed by atoms with E-state index in [4.69, 9.17) is 25.1 Å². The van der Waals surface area contributed by atoms with Crippen molar-refractivity contribution in [2.45, 2.75) is 61.3 Å². The average molecular weight is 341 g/mol. The maximum Gasteiger partial charge on any atom is 0.184 e. The third-order valence-electron chi connectivity index (χ3n) is 4.06. The second-order valence-electron chi connectivity index (χ2n) is 5.61. The van der Waals surface area contributed by atoms with Crippen LogP contribution in [-0.4, -0.2) is 110 Å². The molecule has 0 spiro atoms. The molecule has 0 bridgehead atoms. The van der Waals surface area contributed by atoms with Crippen LogP contribution in [0, 0.1) is 0 Å². The second-order valence-corrected chi connectivity index (χ2v) is 5.61. The molecule has 2 fully saturated rings. The summed E-state index contributed by atoms with van der Waals surface area (Å²) in [7, 11) is 0. The fourth-order valence-electron chi connectivity index (χ4n) is 2.62. The van der Waals surface area contributed by atoms with Gasteiger partial charge in [-0.3, -0.25) is 0 Å². The highest BCUT2D eigenvalue weighted by molar-refractivity contribution is 4.95. The fraction of sp³-hybridized carbons (Fsp3) is 1.00. The summed E-state index contributed by atoms with van der Waals surface area (Å²) in [5, 5.41) is 67.0. The van der Waals surface area contributed by atoms with Gasteiger partial charge in [0.2, 0.25) is 0 Å². The highest BCUT2D eigenvalue weighted by Crippen LogP contribution is 2.27. The molecule has 11 heteroatoms. The van der Waals surface area contributed by atoms with Gasteiger partial charge in [0.1, 0.15) is 42.7 Å². The van der Waals surface area contributed by atoms with Gasteiger partial charge in [-0.15, -0.1) is 0 Å². The second kappa shape index (κ2) is 7.63. The van der Waals surface area contributed by atoms with Crippen molar-refractivity contribution in [1.29, 1.82) is 0 Å². The first kappa shape index (κ1) is 18.9. The van der Waals surface area contributed by atoms with E-state index in [0.717, 1.165) is 0 Å². The molecule has 0 amide bonds. The topological polar surface area (TPSA) is 195 Å². The lowest BCUT2D eigenvalue weighted by Gasteiger charge is -2.45. The smallest absolute Gasteiger partial charge is 0.184 e. The van der Waals surface area contributed by atoms with Crippen molar-refractivity contribution in [1.82, 2.24) is 0 Å². The van der Waals surface area contributed by atoms with Crippen molar-refractivity contribution in [2.24, 2.45) is 5.73 Å². The lowest BCUT2D eigenvalue weighted by atomic mass is 9.96. The van der Waals surface area contributed by atoms with E-state index in [0.29, 0.717) is 0 Å². The number of rotatable bonds is 4. The Balaban J connectivity index is 2.11. The molecule has 1 unspecified atom stereocenters. The Hall–Kier alpha value is -0.440. The zero-order valence-corrected chi connectivity index (χ0v) is 12.1. The summed E-state index contributed by atoms with van der Waals surface area (Å²) in [6, 6.07) is -1.22. The summed E-state index contributed by atoms with van der Waals surface area (Å²) >= 11 is 0. The van der Waals surface area contributed by atoms with Crippen molar-refractivity contribution in [3.8, 4) is 0 Å². The first-order valence-corrected chi connectivity index (χ1v) is 7.15. The third kappa shape index (κ3) is 3.65. The number of ether oxygens (including phenoxy) is 3. The molecular weight excluding hydrogens is 318 g/mol. The first-order chi connectivity index (χ1) is 10.8. The van der Waals surface area contributed by atoms with Crippen LogP contribution in [0.2, 0.25) is 0 Å². The maximum absolute atomic E-state index is 9.98. The van der Waals surface area contributed by atoms with Gasteiger partial charge >= 0.3 is 0 Å². The van der Waals surface area contributed by atoms with Gasteiger partial charge in [0.15, 0.2) is 12.6 Å². The van der Waals surface area contributed by atoms with Gasteiger partial charge in [-0.1, -0.05) is 0 Å². The van der Waals surface area contributed by atoms with Crippen molar-refractivity contribution in [3.63, 3.8) is 0 Å². The molecule has 23 heavy (non-hydrogen) atoms. The number of aliphatic hydroxyl groups is 7. The van der Waals surface area contributed by atoms with Gasteiger partial charge in [-0.2, -0.15) is 0 Å². The molecule has 10 atom stereocenters. The molecule has 0 aromatic rings. The van der Waals surface area contributed by atoms with Crippen LogP contribution in [0.15, 0.2) is 0 Å². The summed E-state index contributed by atoms with van der Waals surface area (Å²) in [5.74, 6) is 0. The lowest BCUT2D eigenvalue weighted by Crippen LogP contribution is -2.66. The molecule has 2 aliphatic heterocycles. The summed E-state index contributed by atoms with van der Waals surface area (Å²) in [6.45, 7) is -1.25. The molecule has 0 aromatic heterocycles. The van der Waals surface area contributed by atoms with Gasteiger partial charge in [0, 0.05) is 0 Å². The highest BCUT2D eigenvalue weighted by atomic mass is 16.7. The molecule has 11 nitrogen and oxygen atoms in total. The molecule has 136 valence electrons. The van der Waals surface area contributed by atoms with E-state index in [-0.39, 0.29) is 0 Å². The van der Waals surface area contributed by atoms with Crippen LogP contribution < -0.4 is 5.73 Å². The zero-order valence-electron chi connectivity index (χ0n) is 12.1. The van der Waals surface area contributed by atoms with E-state index in [1.807, 2.05) is 0 Å². The molecule has 0 aromatic carbocycles. The molecule has 9 N–H and O–H groups in total. The van der Waals surface area contributed by atoms with E-state index in [9.17, 15) is 30.6 Å². The quantitative estimate of drug-likeness (QED) is 0.243. The van der Waals surface area contributed by atoms with Gasteiger partial charge in [0.25, 0.3) is 0 Å². The monoisotopic (exact) mass is 341 g/mol. The minimum absolute atomic E-state index is 0.612. The van der Waals surface area contributed by atoms with Gasteiger partial charge in [-0.25, -0.2) is 0 Å². The predicted octanol–water partition coefficient (Wildman–Crippen LogP) is -5.43. The van der Waals surface area contributed by atoms with E-state index in [1.165, 1.54) is 0 Å². The van der Waals surface area contributed by atoms with Crippen molar-refractivity contribution >= 4 is 0 Å². The van der Waals surface area contributed by atoms with Crippen molar-refractivity contribution < 1.29 is 50.0 Å². The van der Waals surface area contributed by atoms with E-state index in [2.05, 4.69) is 0 Å². The summed E-state index contributed by atoms with van der Waals surface area (Å²) in [5.41, 5.74) is 5.70. The number of aliphatic hydroxyl groups excluding tert-OH is 7. The van der Waals surface area contributed by atoms with E-state index >= 15 is 0 Å². The van der Waals surface area contributed by atoms with Gasteiger partial charge in [-0.05, 0) is 0 Å². The Kier molecular flexibility index (Phi) is 6.27. The fourth-order valence-corrected chi connectivity index (χ4v) is 2.62. The number of hydrogen-bond donors (Lipinski definition) is 8. The molecular formula is C12H23NO10. The normalized spacial score (nSPS) is 51.7. The third-order valence-corrected chi connectivity index (χ3v) is 4.06. The van der Waals surface area contributed by atoms with Crippen LogP contribution >= 0.6 is 0 Å². The summed E-state index contributed by atoms with van der Waals surface area (Å²) < 4.78 is 15.6. The van der Waals surface area contributed by atoms with Gasteiger partial charge < -0.3 is 55.7 Å².